The second-order valence-corrected chi connectivity index (χ2v) is 5.29. The first kappa shape index (κ1) is 15.5. The number of benzene rings is 2. The second-order valence-electron chi connectivity index (χ2n) is 5.29. The molecule has 0 saturated carbocycles. The summed E-state index contributed by atoms with van der Waals surface area (Å²) in [6.07, 6.45) is 2.98. The molecule has 0 saturated heterocycles. The monoisotopic (exact) mass is 281 g/mol. The first-order valence-electron chi connectivity index (χ1n) is 7.62. The highest BCUT2D eigenvalue weighted by Gasteiger charge is 2.13. The van der Waals surface area contributed by atoms with Gasteiger partial charge in [-0.1, -0.05) is 55.8 Å². The Kier molecular flexibility index (Phi) is 5.70. The summed E-state index contributed by atoms with van der Waals surface area (Å²) in [5, 5.41) is 3.14. The number of rotatable bonds is 7. The Balaban J connectivity index is 2.29. The molecule has 0 spiro atoms. The topological polar surface area (TPSA) is 29.1 Å². The minimum absolute atomic E-state index is 0.125. The van der Waals surface area contributed by atoms with Crippen molar-refractivity contribution < 1.29 is 4.79 Å². The summed E-state index contributed by atoms with van der Waals surface area (Å²) in [6.45, 7) is 3.03. The molecule has 0 fully saturated rings. The van der Waals surface area contributed by atoms with Gasteiger partial charge in [0.05, 0.1) is 0 Å². The molecule has 1 N–H and O–H groups in total. The molecule has 2 heteroatoms. The Bertz CT molecular complexity index is 604. The molecular weight excluding hydrogens is 258 g/mol. The number of hydrogen-bond donors (Lipinski definition) is 1. The molecule has 2 rings (SSSR count). The summed E-state index contributed by atoms with van der Waals surface area (Å²) in [4.78, 5) is 12.8. The van der Waals surface area contributed by atoms with Crippen molar-refractivity contribution in [1.82, 2.24) is 5.32 Å². The van der Waals surface area contributed by atoms with Crippen LogP contribution in [0.4, 0.5) is 0 Å². The molecule has 21 heavy (non-hydrogen) atoms. The number of carbonyl (C=O) groups excluding carboxylic acids is 1. The van der Waals surface area contributed by atoms with E-state index in [2.05, 4.69) is 18.3 Å². The number of ketones is 1. The lowest BCUT2D eigenvalue weighted by Crippen LogP contribution is -2.13. The van der Waals surface area contributed by atoms with Gasteiger partial charge in [0.15, 0.2) is 5.78 Å². The number of likely N-dealkylation sites (N-methyl/N-ethyl adjacent to an activating group) is 1. The van der Waals surface area contributed by atoms with Crippen LogP contribution < -0.4 is 5.32 Å². The Morgan fingerprint density at radius 2 is 1.86 bits per heavy atom. The van der Waals surface area contributed by atoms with Crippen LogP contribution in [0.2, 0.25) is 0 Å². The van der Waals surface area contributed by atoms with E-state index in [1.54, 1.807) is 0 Å². The van der Waals surface area contributed by atoms with E-state index < -0.39 is 0 Å². The van der Waals surface area contributed by atoms with E-state index in [1.807, 2.05) is 49.5 Å². The van der Waals surface area contributed by atoms with E-state index in [9.17, 15) is 4.79 Å². The van der Waals surface area contributed by atoms with Crippen LogP contribution in [-0.4, -0.2) is 19.4 Å². The van der Waals surface area contributed by atoms with E-state index in [-0.39, 0.29) is 5.78 Å². The van der Waals surface area contributed by atoms with Crippen molar-refractivity contribution in [3.05, 3.63) is 70.8 Å². The molecule has 0 aliphatic rings. The van der Waals surface area contributed by atoms with Gasteiger partial charge in [0.2, 0.25) is 0 Å². The van der Waals surface area contributed by atoms with Crippen LogP contribution in [-0.2, 0) is 12.8 Å². The molecule has 2 nitrogen and oxygen atoms in total. The molecule has 0 unspecified atom stereocenters. The van der Waals surface area contributed by atoms with E-state index in [4.69, 9.17) is 0 Å². The molecule has 2 aromatic carbocycles. The maximum Gasteiger partial charge on any atom is 0.193 e. The zero-order chi connectivity index (χ0) is 15.1. The van der Waals surface area contributed by atoms with Crippen molar-refractivity contribution in [1.29, 1.82) is 0 Å². The first-order valence-corrected chi connectivity index (χ1v) is 7.62. The van der Waals surface area contributed by atoms with Crippen molar-refractivity contribution >= 4 is 5.78 Å². The number of nitrogens with one attached hydrogen (secondary N) is 1. The zero-order valence-corrected chi connectivity index (χ0v) is 12.9. The van der Waals surface area contributed by atoms with Crippen molar-refractivity contribution in [2.75, 3.05) is 13.6 Å². The van der Waals surface area contributed by atoms with Gasteiger partial charge in [-0.15, -0.1) is 0 Å². The van der Waals surface area contributed by atoms with Crippen LogP contribution >= 0.6 is 0 Å². The highest BCUT2D eigenvalue weighted by atomic mass is 16.1. The standard InChI is InChI=1S/C19H23NO/c1-3-7-15-8-6-10-17(14-15)19(21)18-11-5-4-9-16(18)12-13-20-2/h4-6,8-11,14,20H,3,7,12-13H2,1-2H3. The average Bonchev–Trinajstić information content (AvgIpc) is 2.53. The van der Waals surface area contributed by atoms with Crippen LogP contribution in [0.5, 0.6) is 0 Å². The first-order chi connectivity index (χ1) is 10.3. The predicted octanol–water partition coefficient (Wildman–Crippen LogP) is 3.63. The van der Waals surface area contributed by atoms with Crippen LogP contribution in [0, 0.1) is 0 Å². The summed E-state index contributed by atoms with van der Waals surface area (Å²) in [7, 11) is 1.93. The summed E-state index contributed by atoms with van der Waals surface area (Å²) < 4.78 is 0. The smallest absolute Gasteiger partial charge is 0.193 e. The average molecular weight is 281 g/mol. The Morgan fingerprint density at radius 3 is 2.62 bits per heavy atom. The van der Waals surface area contributed by atoms with Crippen molar-refractivity contribution in [2.45, 2.75) is 26.2 Å². The normalized spacial score (nSPS) is 10.6. The van der Waals surface area contributed by atoms with Gasteiger partial charge in [-0.05, 0) is 43.6 Å². The molecule has 0 radical (unpaired) electrons. The quantitative estimate of drug-likeness (QED) is 0.785. The van der Waals surface area contributed by atoms with E-state index in [0.29, 0.717) is 0 Å². The SMILES string of the molecule is CCCc1cccc(C(=O)c2ccccc2CCNC)c1. The third-order valence-electron chi connectivity index (χ3n) is 3.63. The maximum absolute atomic E-state index is 12.8. The van der Waals surface area contributed by atoms with Crippen LogP contribution in [0.1, 0.15) is 40.4 Å². The third kappa shape index (κ3) is 4.02. The summed E-state index contributed by atoms with van der Waals surface area (Å²) in [5.41, 5.74) is 3.95. The lowest BCUT2D eigenvalue weighted by Gasteiger charge is -2.09. The van der Waals surface area contributed by atoms with Crippen molar-refractivity contribution in [3.8, 4) is 0 Å². The van der Waals surface area contributed by atoms with Crippen LogP contribution in [0.25, 0.3) is 0 Å². The third-order valence-corrected chi connectivity index (χ3v) is 3.63. The Morgan fingerprint density at radius 1 is 1.05 bits per heavy atom. The molecule has 0 heterocycles. The Hall–Kier alpha value is -1.93. The summed E-state index contributed by atoms with van der Waals surface area (Å²) in [5.74, 6) is 0.125. The summed E-state index contributed by atoms with van der Waals surface area (Å²) in [6, 6.07) is 15.9. The largest absolute Gasteiger partial charge is 0.319 e. The highest BCUT2D eigenvalue weighted by molar-refractivity contribution is 6.10. The fraction of sp³-hybridized carbons (Fsp3) is 0.316. The molecule has 0 atom stereocenters. The minimum atomic E-state index is 0.125. The highest BCUT2D eigenvalue weighted by Crippen LogP contribution is 2.17. The molecule has 0 aliphatic heterocycles. The van der Waals surface area contributed by atoms with Gasteiger partial charge >= 0.3 is 0 Å². The number of carbonyl (C=O) groups is 1. The second kappa shape index (κ2) is 7.75. The molecule has 0 amide bonds. The lowest BCUT2D eigenvalue weighted by atomic mass is 9.95. The molecular formula is C19H23NO. The van der Waals surface area contributed by atoms with Crippen LogP contribution in [0.15, 0.2) is 48.5 Å². The van der Waals surface area contributed by atoms with Gasteiger partial charge in [0.25, 0.3) is 0 Å². The fourth-order valence-corrected chi connectivity index (χ4v) is 2.53. The molecule has 110 valence electrons. The van der Waals surface area contributed by atoms with Gasteiger partial charge in [-0.2, -0.15) is 0 Å². The predicted molar refractivity (Wildman–Crippen MR) is 87.9 cm³/mol. The minimum Gasteiger partial charge on any atom is -0.319 e. The fourth-order valence-electron chi connectivity index (χ4n) is 2.53. The van der Waals surface area contributed by atoms with Gasteiger partial charge < -0.3 is 5.32 Å². The number of aryl methyl sites for hydroxylation is 1. The summed E-state index contributed by atoms with van der Waals surface area (Å²) >= 11 is 0. The van der Waals surface area contributed by atoms with E-state index in [1.165, 1.54) is 5.56 Å². The lowest BCUT2D eigenvalue weighted by molar-refractivity contribution is 0.103. The Labute approximate surface area is 127 Å². The maximum atomic E-state index is 12.8. The van der Waals surface area contributed by atoms with Gasteiger partial charge in [0.1, 0.15) is 0 Å². The molecule has 0 aliphatic carbocycles. The number of hydrogen-bond acceptors (Lipinski definition) is 2. The van der Waals surface area contributed by atoms with E-state index >= 15 is 0 Å². The van der Waals surface area contributed by atoms with Crippen molar-refractivity contribution in [3.63, 3.8) is 0 Å². The molecule has 0 bridgehead atoms. The van der Waals surface area contributed by atoms with Gasteiger partial charge in [-0.3, -0.25) is 4.79 Å². The van der Waals surface area contributed by atoms with Crippen LogP contribution in [0.3, 0.4) is 0 Å². The molecule has 0 aromatic heterocycles. The molecule has 2 aromatic rings. The zero-order valence-electron chi connectivity index (χ0n) is 12.9. The van der Waals surface area contributed by atoms with Gasteiger partial charge in [-0.25, -0.2) is 0 Å². The van der Waals surface area contributed by atoms with E-state index in [0.717, 1.165) is 42.5 Å². The van der Waals surface area contributed by atoms with Gasteiger partial charge in [0, 0.05) is 11.1 Å². The van der Waals surface area contributed by atoms with Crippen molar-refractivity contribution in [2.24, 2.45) is 0 Å².